The van der Waals surface area contributed by atoms with Crippen molar-refractivity contribution in [3.63, 3.8) is 0 Å². The fraction of sp³-hybridized carbons (Fsp3) is 0.333. The molecule has 1 fully saturated rings. The van der Waals surface area contributed by atoms with Crippen molar-refractivity contribution in [1.82, 2.24) is 4.90 Å². The van der Waals surface area contributed by atoms with Gasteiger partial charge in [-0.1, -0.05) is 36.8 Å². The average Bonchev–Trinajstić information content (AvgIpc) is 3.13. The van der Waals surface area contributed by atoms with Crippen LogP contribution >= 0.6 is 0 Å². The molecule has 2 aromatic carbocycles. The maximum Gasteiger partial charge on any atom is 0.238 e. The van der Waals surface area contributed by atoms with Gasteiger partial charge in [-0.15, -0.1) is 0 Å². The summed E-state index contributed by atoms with van der Waals surface area (Å²) in [6, 6.07) is 19.2. The number of fused-ring (bicyclic) bond motifs is 1. The van der Waals surface area contributed by atoms with Crippen molar-refractivity contribution in [2.24, 2.45) is 22.6 Å². The molecule has 3 N–H and O–H groups in total. The van der Waals surface area contributed by atoms with Crippen LogP contribution < -0.4 is 11.1 Å². The van der Waals surface area contributed by atoms with Crippen molar-refractivity contribution < 1.29 is 14.0 Å². The zero-order chi connectivity index (χ0) is 24.8. The maximum atomic E-state index is 13.3. The molecule has 0 saturated carbocycles. The third-order valence-corrected chi connectivity index (χ3v) is 6.18. The van der Waals surface area contributed by atoms with Gasteiger partial charge in [0.2, 0.25) is 11.8 Å². The minimum atomic E-state index is -1.20. The number of nitrogens with zero attached hydrogens (tertiary/aromatic N) is 3. The molecule has 3 unspecified atom stereocenters. The fourth-order valence-electron chi connectivity index (χ4n) is 4.36. The molecular formula is C27H29N5O3. The predicted molar refractivity (Wildman–Crippen MR) is 134 cm³/mol. The van der Waals surface area contributed by atoms with Gasteiger partial charge in [0.05, 0.1) is 12.0 Å². The molecule has 0 radical (unpaired) electrons. The highest BCUT2D eigenvalue weighted by Gasteiger charge is 2.29. The van der Waals surface area contributed by atoms with Crippen LogP contribution in [0.5, 0.6) is 0 Å². The highest BCUT2D eigenvalue weighted by Crippen LogP contribution is 2.25. The number of carbonyl (C=O) groups is 2. The molecule has 2 heterocycles. The second kappa shape index (κ2) is 10.9. The van der Waals surface area contributed by atoms with Crippen molar-refractivity contribution in [2.45, 2.75) is 38.9 Å². The zero-order valence-corrected chi connectivity index (χ0v) is 19.7. The summed E-state index contributed by atoms with van der Waals surface area (Å²) in [5.74, 6) is -1.63. The van der Waals surface area contributed by atoms with E-state index in [0.717, 1.165) is 35.1 Å². The van der Waals surface area contributed by atoms with E-state index in [1.807, 2.05) is 66.4 Å². The quantitative estimate of drug-likeness (QED) is 0.480. The van der Waals surface area contributed by atoms with Gasteiger partial charge in [0.25, 0.3) is 0 Å². The number of aliphatic imine (C=N–C) groups is 1. The highest BCUT2D eigenvalue weighted by molar-refractivity contribution is 5.94. The largest absolute Gasteiger partial charge is 0.461 e. The van der Waals surface area contributed by atoms with Crippen molar-refractivity contribution in [1.29, 1.82) is 5.26 Å². The van der Waals surface area contributed by atoms with Crippen molar-refractivity contribution in [2.75, 3.05) is 11.9 Å². The zero-order valence-electron chi connectivity index (χ0n) is 19.7. The molecular weight excluding hydrogens is 442 g/mol. The number of likely N-dealkylation sites (tertiary alicyclic amines) is 1. The molecule has 8 nitrogen and oxygen atoms in total. The molecule has 1 saturated heterocycles. The second-order valence-corrected chi connectivity index (χ2v) is 8.85. The number of nitriles is 1. The Bertz CT molecular complexity index is 1260. The molecule has 180 valence electrons. The number of carbonyl (C=O) groups excluding carboxylic acids is 2. The van der Waals surface area contributed by atoms with Gasteiger partial charge in [-0.2, -0.15) is 5.26 Å². The SMILES string of the molecule is Cc1cc2cc(NC(/N=C\C3CCCCN(Cc4ccccc4)C3=O)C(C#N)C(N)=O)ccc2o1. The number of aryl methyl sites for hydroxylation is 1. The van der Waals surface area contributed by atoms with Gasteiger partial charge in [-0.05, 0) is 49.6 Å². The lowest BCUT2D eigenvalue weighted by molar-refractivity contribution is -0.133. The molecule has 1 aromatic heterocycles. The van der Waals surface area contributed by atoms with Crippen LogP contribution in [0.1, 0.15) is 30.6 Å². The van der Waals surface area contributed by atoms with Crippen LogP contribution in [0.3, 0.4) is 0 Å². The molecule has 0 spiro atoms. The molecule has 3 atom stereocenters. The van der Waals surface area contributed by atoms with E-state index in [2.05, 4.69) is 10.3 Å². The predicted octanol–water partition coefficient (Wildman–Crippen LogP) is 4.00. The Morgan fingerprint density at radius 2 is 2.09 bits per heavy atom. The van der Waals surface area contributed by atoms with Crippen molar-refractivity contribution in [3.8, 4) is 6.07 Å². The Labute approximate surface area is 204 Å². The van der Waals surface area contributed by atoms with Crippen LogP contribution in [0, 0.1) is 30.1 Å². The van der Waals surface area contributed by atoms with Gasteiger partial charge >= 0.3 is 0 Å². The lowest BCUT2D eigenvalue weighted by atomic mass is 10.0. The number of nitrogens with two attached hydrogens (primary N) is 1. The number of furan rings is 1. The number of hydrogen-bond acceptors (Lipinski definition) is 6. The highest BCUT2D eigenvalue weighted by atomic mass is 16.3. The third kappa shape index (κ3) is 5.87. The first-order valence-corrected chi connectivity index (χ1v) is 11.8. The number of rotatable bonds is 8. The average molecular weight is 472 g/mol. The molecule has 1 aliphatic heterocycles. The van der Waals surface area contributed by atoms with Crippen LogP contribution in [-0.4, -0.2) is 35.6 Å². The summed E-state index contributed by atoms with van der Waals surface area (Å²) in [5, 5.41) is 13.6. The Morgan fingerprint density at radius 1 is 1.29 bits per heavy atom. The maximum absolute atomic E-state index is 13.3. The van der Waals surface area contributed by atoms with Gasteiger partial charge in [-0.3, -0.25) is 14.6 Å². The summed E-state index contributed by atoms with van der Waals surface area (Å²) in [6.45, 7) is 3.09. The fourth-order valence-corrected chi connectivity index (χ4v) is 4.36. The lowest BCUT2D eigenvalue weighted by Gasteiger charge is -2.24. The Morgan fingerprint density at radius 3 is 2.83 bits per heavy atom. The van der Waals surface area contributed by atoms with E-state index in [1.54, 1.807) is 12.3 Å². The van der Waals surface area contributed by atoms with E-state index in [-0.39, 0.29) is 5.91 Å². The molecule has 4 rings (SSSR count). The summed E-state index contributed by atoms with van der Waals surface area (Å²) in [7, 11) is 0. The standard InChI is InChI=1S/C27H29N5O3/c1-18-13-21-14-22(10-11-24(21)35-18)31-26(23(15-28)25(29)33)30-16-20-9-5-6-12-32(27(20)34)17-19-7-3-2-4-8-19/h2-4,7-8,10-11,13-14,16,20,23,26,31H,5-6,9,12,17H2,1H3,(H2,29,33)/b30-16-. The van der Waals surface area contributed by atoms with E-state index in [0.29, 0.717) is 25.2 Å². The Balaban J connectivity index is 1.55. The molecule has 35 heavy (non-hydrogen) atoms. The van der Waals surface area contributed by atoms with Gasteiger partial charge in [0.15, 0.2) is 5.92 Å². The molecule has 8 heteroatoms. The first-order valence-electron chi connectivity index (χ1n) is 11.8. The van der Waals surface area contributed by atoms with Crippen LogP contribution in [0.15, 0.2) is 64.0 Å². The molecule has 0 aliphatic carbocycles. The van der Waals surface area contributed by atoms with Crippen LogP contribution in [0.4, 0.5) is 5.69 Å². The molecule has 2 amide bonds. The monoisotopic (exact) mass is 471 g/mol. The van der Waals surface area contributed by atoms with Gasteiger partial charge < -0.3 is 20.4 Å². The molecule has 3 aromatic rings. The minimum absolute atomic E-state index is 0.00303. The summed E-state index contributed by atoms with van der Waals surface area (Å²) < 4.78 is 5.61. The number of nitrogens with one attached hydrogen (secondary N) is 1. The molecule has 1 aliphatic rings. The summed E-state index contributed by atoms with van der Waals surface area (Å²) in [4.78, 5) is 31.7. The number of amides is 2. The van der Waals surface area contributed by atoms with Crippen molar-refractivity contribution in [3.05, 3.63) is 65.9 Å². The Kier molecular flexibility index (Phi) is 7.46. The second-order valence-electron chi connectivity index (χ2n) is 8.85. The first kappa shape index (κ1) is 24.0. The van der Waals surface area contributed by atoms with Crippen LogP contribution in [0.2, 0.25) is 0 Å². The normalized spacial score (nSPS) is 18.2. The topological polar surface area (TPSA) is 125 Å². The minimum Gasteiger partial charge on any atom is -0.461 e. The van der Waals surface area contributed by atoms with Crippen molar-refractivity contribution >= 4 is 34.7 Å². The number of hydrogen-bond donors (Lipinski definition) is 2. The number of primary amides is 1. The van der Waals surface area contributed by atoms with E-state index < -0.39 is 23.9 Å². The Hall–Kier alpha value is -4.12. The first-order chi connectivity index (χ1) is 16.9. The molecule has 0 bridgehead atoms. The summed E-state index contributed by atoms with van der Waals surface area (Å²) in [5.41, 5.74) is 7.97. The van der Waals surface area contributed by atoms with Gasteiger partial charge in [0, 0.05) is 30.4 Å². The van der Waals surface area contributed by atoms with Gasteiger partial charge in [0.1, 0.15) is 17.5 Å². The van der Waals surface area contributed by atoms with Crippen LogP contribution in [0.25, 0.3) is 11.0 Å². The summed E-state index contributed by atoms with van der Waals surface area (Å²) >= 11 is 0. The van der Waals surface area contributed by atoms with E-state index in [4.69, 9.17) is 10.2 Å². The van der Waals surface area contributed by atoms with E-state index in [9.17, 15) is 14.9 Å². The smallest absolute Gasteiger partial charge is 0.238 e. The van der Waals surface area contributed by atoms with Crippen LogP contribution in [-0.2, 0) is 16.1 Å². The van der Waals surface area contributed by atoms with E-state index in [1.165, 1.54) is 0 Å². The number of benzene rings is 2. The van der Waals surface area contributed by atoms with Gasteiger partial charge in [-0.25, -0.2) is 0 Å². The lowest BCUT2D eigenvalue weighted by Crippen LogP contribution is -2.38. The third-order valence-electron chi connectivity index (χ3n) is 6.18. The number of anilines is 1. The van der Waals surface area contributed by atoms with E-state index >= 15 is 0 Å². The summed E-state index contributed by atoms with van der Waals surface area (Å²) in [6.07, 6.45) is 3.11.